The van der Waals surface area contributed by atoms with Gasteiger partial charge in [-0.05, 0) is 31.6 Å². The number of ketones is 1. The molecule has 3 aliphatic heterocycles. The molecule has 3 saturated heterocycles. The molecule has 0 saturated carbocycles. The van der Waals surface area contributed by atoms with E-state index in [-0.39, 0.29) is 12.2 Å². The summed E-state index contributed by atoms with van der Waals surface area (Å²) in [6, 6.07) is 0. The van der Waals surface area contributed by atoms with Gasteiger partial charge in [-0.15, -0.1) is 0 Å². The van der Waals surface area contributed by atoms with Crippen LogP contribution in [0.3, 0.4) is 0 Å². The minimum Gasteiger partial charge on any atom is -0.394 e. The molecule has 11 N–H and O–H groups in total. The van der Waals surface area contributed by atoms with E-state index in [1.165, 1.54) is 18.2 Å². The summed E-state index contributed by atoms with van der Waals surface area (Å²) in [5, 5.41) is 115. The van der Waals surface area contributed by atoms with Gasteiger partial charge >= 0.3 is 0 Å². The molecule has 3 fully saturated rings. The van der Waals surface area contributed by atoms with E-state index in [0.717, 1.165) is 0 Å². The molecule has 18 heteroatoms. The molecule has 0 amide bonds. The highest BCUT2D eigenvalue weighted by Crippen LogP contribution is 2.44. The topological polar surface area (TPSA) is 295 Å². The van der Waals surface area contributed by atoms with Gasteiger partial charge in [-0.2, -0.15) is 0 Å². The van der Waals surface area contributed by atoms with Crippen molar-refractivity contribution in [2.45, 2.75) is 138 Å². The van der Waals surface area contributed by atoms with Crippen LogP contribution in [0.5, 0.6) is 0 Å². The monoisotopic (exact) mass is 710 g/mol. The van der Waals surface area contributed by atoms with Crippen molar-refractivity contribution < 1.29 is 89.4 Å². The van der Waals surface area contributed by atoms with Gasteiger partial charge in [-0.3, -0.25) is 4.79 Å². The molecule has 4 aliphatic rings. The van der Waals surface area contributed by atoms with E-state index in [9.17, 15) is 61.0 Å². The van der Waals surface area contributed by atoms with Gasteiger partial charge in [0.1, 0.15) is 78.8 Å². The van der Waals surface area contributed by atoms with Gasteiger partial charge in [0.15, 0.2) is 24.7 Å². The van der Waals surface area contributed by atoms with Crippen LogP contribution in [0.25, 0.3) is 0 Å². The number of allylic oxidation sites excluding steroid dienone is 1. The maximum absolute atomic E-state index is 12.2. The van der Waals surface area contributed by atoms with E-state index >= 15 is 0 Å². The average molecular weight is 711 g/mol. The number of hydrogen-bond acceptors (Lipinski definition) is 18. The first-order valence-corrected chi connectivity index (χ1v) is 16.1. The smallest absolute Gasteiger partial charge is 0.187 e. The van der Waals surface area contributed by atoms with Crippen molar-refractivity contribution in [1.82, 2.24) is 0 Å². The fraction of sp³-hybridized carbons (Fsp3) is 0.839. The van der Waals surface area contributed by atoms with Crippen molar-refractivity contribution in [3.63, 3.8) is 0 Å². The highest BCUT2D eigenvalue weighted by atomic mass is 16.8. The predicted molar refractivity (Wildman–Crippen MR) is 161 cm³/mol. The van der Waals surface area contributed by atoms with Gasteiger partial charge < -0.3 is 84.6 Å². The summed E-state index contributed by atoms with van der Waals surface area (Å²) in [7, 11) is 0. The van der Waals surface area contributed by atoms with Crippen LogP contribution in [0, 0.1) is 5.41 Å². The number of rotatable bonds is 11. The van der Waals surface area contributed by atoms with E-state index < -0.39 is 129 Å². The molecule has 0 radical (unpaired) electrons. The maximum atomic E-state index is 12.2. The standard InChI is InChI=1S/C31H50O18/c1-12-7-14(35)8-30(3,4)31(12,43)6-5-13(2)44-29-26(49-28-24(42)22(40)19(37)16(10-33)46-28)25(20(38)17(11-34)47-29)48-27-23(41)21(39)18(36)15(9-32)45-27/h5-7,13,15-29,32-34,36-43H,8-11H2,1-4H3/b6-5+/t13-,15+,16+,17+,18+,19+,20+,21-,22-,23+,24+,25+,26+,27-,28-,29-,31?/m0/s1. The zero-order valence-corrected chi connectivity index (χ0v) is 27.6. The van der Waals surface area contributed by atoms with Crippen LogP contribution in [0.1, 0.15) is 34.1 Å². The number of aliphatic hydroxyl groups excluding tert-OH is 10. The first-order valence-electron chi connectivity index (χ1n) is 16.1. The molecule has 0 aromatic carbocycles. The van der Waals surface area contributed by atoms with E-state index in [0.29, 0.717) is 5.57 Å². The lowest BCUT2D eigenvalue weighted by Crippen LogP contribution is -2.67. The first kappa shape index (κ1) is 40.2. The fourth-order valence-corrected chi connectivity index (χ4v) is 6.52. The summed E-state index contributed by atoms with van der Waals surface area (Å²) in [5.41, 5.74) is -2.06. The Morgan fingerprint density at radius 2 is 1.20 bits per heavy atom. The molecule has 0 aromatic heterocycles. The summed E-state index contributed by atoms with van der Waals surface area (Å²) in [5.74, 6) is -0.146. The number of ether oxygens (including phenoxy) is 6. The molecule has 1 unspecified atom stereocenters. The Labute approximate surface area is 282 Å². The second-order valence-electron chi connectivity index (χ2n) is 13.6. The third-order valence-electron chi connectivity index (χ3n) is 9.66. The summed E-state index contributed by atoms with van der Waals surface area (Å²) in [4.78, 5) is 12.2. The van der Waals surface area contributed by atoms with Crippen LogP contribution in [0.4, 0.5) is 0 Å². The summed E-state index contributed by atoms with van der Waals surface area (Å²) < 4.78 is 34.7. The number of carbonyl (C=O) groups excluding carboxylic acids is 1. The van der Waals surface area contributed by atoms with Gasteiger partial charge in [0.05, 0.1) is 25.9 Å². The average Bonchev–Trinajstić information content (AvgIpc) is 3.05. The van der Waals surface area contributed by atoms with E-state index in [1.807, 2.05) is 0 Å². The Kier molecular flexibility index (Phi) is 13.1. The van der Waals surface area contributed by atoms with Crippen LogP contribution in [0.15, 0.2) is 23.8 Å². The van der Waals surface area contributed by atoms with Crippen molar-refractivity contribution in [1.29, 1.82) is 0 Å². The highest BCUT2D eigenvalue weighted by Gasteiger charge is 2.55. The van der Waals surface area contributed by atoms with E-state index in [2.05, 4.69) is 0 Å². The SMILES string of the molecule is CC1=CC(=O)CC(C)(C)C1(O)/C=C/[C@H](C)O[C@H]1O[C@H](CO)[C@@H](O)[C@@H](O[C@@H]2O[C@H](CO)[C@@H](O)[C@H](O)[C@H]2O)[C@H]1O[C@@H]1O[C@H](CO)[C@@H](O)[C@H](O)[C@H]1O. The third-order valence-corrected chi connectivity index (χ3v) is 9.66. The minimum atomic E-state index is -1.93. The first-order chi connectivity index (χ1) is 22.9. The zero-order chi connectivity index (χ0) is 36.6. The lowest BCUT2D eigenvalue weighted by molar-refractivity contribution is -0.393. The third kappa shape index (κ3) is 8.11. The Bertz CT molecular complexity index is 1180. The highest BCUT2D eigenvalue weighted by molar-refractivity contribution is 5.92. The second kappa shape index (κ2) is 16.0. The van der Waals surface area contributed by atoms with Crippen molar-refractivity contribution in [2.24, 2.45) is 5.41 Å². The van der Waals surface area contributed by atoms with Gasteiger partial charge in [0, 0.05) is 11.8 Å². The molecule has 3 heterocycles. The van der Waals surface area contributed by atoms with Crippen LogP contribution in [-0.2, 0) is 33.2 Å². The lowest BCUT2D eigenvalue weighted by atomic mass is 9.64. The quantitative estimate of drug-likeness (QED) is 0.0896. The largest absolute Gasteiger partial charge is 0.394 e. The normalized spacial score (nSPS) is 46.9. The van der Waals surface area contributed by atoms with Crippen molar-refractivity contribution in [3.05, 3.63) is 23.8 Å². The van der Waals surface area contributed by atoms with Crippen LogP contribution in [-0.4, -0.2) is 186 Å². The predicted octanol–water partition coefficient (Wildman–Crippen LogP) is -4.93. The molecular weight excluding hydrogens is 660 g/mol. The second-order valence-corrected chi connectivity index (χ2v) is 13.6. The Morgan fingerprint density at radius 3 is 1.67 bits per heavy atom. The van der Waals surface area contributed by atoms with Gasteiger partial charge in [0.2, 0.25) is 0 Å². The maximum Gasteiger partial charge on any atom is 0.187 e. The minimum absolute atomic E-state index is 0.0637. The van der Waals surface area contributed by atoms with Crippen LogP contribution >= 0.6 is 0 Å². The van der Waals surface area contributed by atoms with Gasteiger partial charge in [-0.1, -0.05) is 19.9 Å². The van der Waals surface area contributed by atoms with E-state index in [4.69, 9.17) is 28.4 Å². The van der Waals surface area contributed by atoms with E-state index in [1.54, 1.807) is 27.7 Å². The molecule has 0 bridgehead atoms. The molecule has 0 aromatic rings. The Balaban J connectivity index is 1.67. The Hall–Kier alpha value is -1.53. The number of carbonyl (C=O) groups is 1. The Morgan fingerprint density at radius 1 is 0.755 bits per heavy atom. The summed E-state index contributed by atoms with van der Waals surface area (Å²) in [6.45, 7) is 4.19. The molecule has 0 spiro atoms. The van der Waals surface area contributed by atoms with Gasteiger partial charge in [0.25, 0.3) is 0 Å². The van der Waals surface area contributed by atoms with Gasteiger partial charge in [-0.25, -0.2) is 0 Å². The summed E-state index contributed by atoms with van der Waals surface area (Å²) in [6.07, 6.45) is -22.5. The number of aliphatic hydroxyl groups is 11. The molecule has 49 heavy (non-hydrogen) atoms. The molecule has 282 valence electrons. The van der Waals surface area contributed by atoms with Crippen molar-refractivity contribution in [3.8, 4) is 0 Å². The molecule has 1 aliphatic carbocycles. The summed E-state index contributed by atoms with van der Waals surface area (Å²) >= 11 is 0. The lowest BCUT2D eigenvalue weighted by Gasteiger charge is -2.49. The van der Waals surface area contributed by atoms with Crippen molar-refractivity contribution in [2.75, 3.05) is 19.8 Å². The van der Waals surface area contributed by atoms with Crippen LogP contribution in [0.2, 0.25) is 0 Å². The molecular formula is C31H50O18. The zero-order valence-electron chi connectivity index (χ0n) is 27.6. The molecule has 17 atom stereocenters. The molecule has 4 rings (SSSR count). The fourth-order valence-electron chi connectivity index (χ4n) is 6.52. The molecule has 18 nitrogen and oxygen atoms in total. The van der Waals surface area contributed by atoms with Crippen LogP contribution < -0.4 is 0 Å². The van der Waals surface area contributed by atoms with Crippen molar-refractivity contribution >= 4 is 5.78 Å². The number of hydrogen-bond donors (Lipinski definition) is 11.